The Hall–Kier alpha value is -3.46. The number of nitrogens with one attached hydrogen (secondary N) is 3. The number of hydrogen-bond acceptors (Lipinski definition) is 8. The van der Waals surface area contributed by atoms with Crippen LogP contribution in [0.1, 0.15) is 51.9 Å². The summed E-state index contributed by atoms with van der Waals surface area (Å²) in [5.74, 6) is -4.62. The lowest BCUT2D eigenvalue weighted by molar-refractivity contribution is -0.142. The summed E-state index contributed by atoms with van der Waals surface area (Å²) in [5, 5.41) is 25.3. The largest absolute Gasteiger partial charge is 0.481 e. The molecule has 0 rings (SSSR count). The third-order valence-corrected chi connectivity index (χ3v) is 4.90. The Labute approximate surface area is 203 Å². The number of unbranched alkanes of at least 4 members (excludes halogenated alkanes) is 1. The molecule has 0 aliphatic carbocycles. The molecule has 0 bridgehead atoms. The summed E-state index contributed by atoms with van der Waals surface area (Å²) in [4.78, 5) is 63.4. The highest BCUT2D eigenvalue weighted by molar-refractivity contribution is 5.94. The van der Waals surface area contributed by atoms with E-state index in [2.05, 4.69) is 20.9 Å². The van der Waals surface area contributed by atoms with Crippen molar-refractivity contribution in [3.05, 3.63) is 0 Å². The maximum absolute atomic E-state index is 12.7. The summed E-state index contributed by atoms with van der Waals surface area (Å²) in [5.41, 5.74) is 21.6. The number of carboxylic acid groups (broad SMARTS) is 2. The Bertz CT molecular complexity index is 758. The zero-order chi connectivity index (χ0) is 27.0. The number of rotatable bonds is 18. The van der Waals surface area contributed by atoms with E-state index in [9.17, 15) is 29.1 Å². The van der Waals surface area contributed by atoms with Crippen molar-refractivity contribution in [1.82, 2.24) is 16.0 Å². The first-order valence-corrected chi connectivity index (χ1v) is 11.3. The van der Waals surface area contributed by atoms with E-state index in [0.717, 1.165) is 0 Å². The van der Waals surface area contributed by atoms with Gasteiger partial charge in [0, 0.05) is 13.0 Å². The second kappa shape index (κ2) is 17.0. The summed E-state index contributed by atoms with van der Waals surface area (Å²) in [6.07, 6.45) is 1.22. The highest BCUT2D eigenvalue weighted by Crippen LogP contribution is 2.05. The van der Waals surface area contributed by atoms with Crippen LogP contribution in [0.25, 0.3) is 0 Å². The normalized spacial score (nSPS) is 14.0. The van der Waals surface area contributed by atoms with Crippen molar-refractivity contribution in [2.24, 2.45) is 27.9 Å². The standard InChI is InChI=1S/C20H38N8O7/c1-11(16(31)28-14(19(34)35)6-4-10-25-20(23)24)26-18(33)13(5-2-3-9-21)27-17(32)12(22)7-8-15(29)30/h11-14H,2-10,21-22H2,1H3,(H,26,33)(H,27,32)(H,28,31)(H,29,30)(H,34,35)(H4,23,24,25). The van der Waals surface area contributed by atoms with Gasteiger partial charge in [-0.05, 0) is 52.0 Å². The molecule has 0 aromatic rings. The Kier molecular flexibility index (Phi) is 15.4. The lowest BCUT2D eigenvalue weighted by atomic mass is 10.1. The van der Waals surface area contributed by atoms with E-state index < -0.39 is 53.8 Å². The zero-order valence-corrected chi connectivity index (χ0v) is 19.9. The van der Waals surface area contributed by atoms with Crippen molar-refractivity contribution in [1.29, 1.82) is 0 Å². The van der Waals surface area contributed by atoms with Gasteiger partial charge in [-0.25, -0.2) is 4.79 Å². The van der Waals surface area contributed by atoms with Gasteiger partial charge in [-0.1, -0.05) is 0 Å². The highest BCUT2D eigenvalue weighted by atomic mass is 16.4. The fourth-order valence-electron chi connectivity index (χ4n) is 2.89. The summed E-state index contributed by atoms with van der Waals surface area (Å²) < 4.78 is 0. The number of nitrogens with zero attached hydrogens (tertiary/aromatic N) is 1. The van der Waals surface area contributed by atoms with Crippen LogP contribution in [0.15, 0.2) is 4.99 Å². The third kappa shape index (κ3) is 14.4. The fraction of sp³-hybridized carbons (Fsp3) is 0.700. The predicted molar refractivity (Wildman–Crippen MR) is 127 cm³/mol. The van der Waals surface area contributed by atoms with Crippen molar-refractivity contribution >= 4 is 35.6 Å². The first-order valence-electron chi connectivity index (χ1n) is 11.3. The van der Waals surface area contributed by atoms with E-state index >= 15 is 0 Å². The molecule has 35 heavy (non-hydrogen) atoms. The number of aliphatic imine (C=N–C) groups is 1. The van der Waals surface area contributed by atoms with Gasteiger partial charge < -0.3 is 49.1 Å². The summed E-state index contributed by atoms with van der Waals surface area (Å²) >= 11 is 0. The molecule has 4 unspecified atom stereocenters. The Morgan fingerprint density at radius 3 is 1.97 bits per heavy atom. The average Bonchev–Trinajstić information content (AvgIpc) is 2.77. The molecule has 0 radical (unpaired) electrons. The van der Waals surface area contributed by atoms with Crippen LogP contribution in [0.3, 0.4) is 0 Å². The molecule has 15 nitrogen and oxygen atoms in total. The van der Waals surface area contributed by atoms with Crippen LogP contribution >= 0.6 is 0 Å². The molecule has 0 aromatic carbocycles. The molecule has 0 aliphatic heterocycles. The predicted octanol–water partition coefficient (Wildman–Crippen LogP) is -3.08. The number of amides is 3. The first-order chi connectivity index (χ1) is 16.4. The van der Waals surface area contributed by atoms with E-state index in [1.165, 1.54) is 6.92 Å². The van der Waals surface area contributed by atoms with Gasteiger partial charge in [0.25, 0.3) is 0 Å². The summed E-state index contributed by atoms with van der Waals surface area (Å²) in [7, 11) is 0. The quantitative estimate of drug-likeness (QED) is 0.0514. The molecule has 4 atom stereocenters. The van der Waals surface area contributed by atoms with Crippen molar-refractivity contribution in [3.63, 3.8) is 0 Å². The molecule has 0 fully saturated rings. The lowest BCUT2D eigenvalue weighted by Crippen LogP contribution is -2.56. The van der Waals surface area contributed by atoms with Gasteiger partial charge in [-0.3, -0.25) is 24.2 Å². The highest BCUT2D eigenvalue weighted by Gasteiger charge is 2.28. The molecule has 15 heteroatoms. The molecule has 0 aromatic heterocycles. The van der Waals surface area contributed by atoms with E-state index in [0.29, 0.717) is 25.8 Å². The van der Waals surface area contributed by atoms with Crippen molar-refractivity contribution < 1.29 is 34.2 Å². The topological polar surface area (TPSA) is 278 Å². The minimum absolute atomic E-state index is 0.0600. The fourth-order valence-corrected chi connectivity index (χ4v) is 2.89. The average molecular weight is 503 g/mol. The van der Waals surface area contributed by atoms with Gasteiger partial charge in [0.1, 0.15) is 18.1 Å². The number of guanidine groups is 1. The molecule has 0 heterocycles. The van der Waals surface area contributed by atoms with Gasteiger partial charge in [-0.15, -0.1) is 0 Å². The Morgan fingerprint density at radius 2 is 1.43 bits per heavy atom. The van der Waals surface area contributed by atoms with Crippen LogP contribution in [0.4, 0.5) is 0 Å². The van der Waals surface area contributed by atoms with Gasteiger partial charge in [0.15, 0.2) is 5.96 Å². The number of carbonyl (C=O) groups is 5. The molecule has 3 amide bonds. The lowest BCUT2D eigenvalue weighted by Gasteiger charge is -2.23. The molecule has 200 valence electrons. The number of carbonyl (C=O) groups excluding carboxylic acids is 3. The van der Waals surface area contributed by atoms with Crippen LogP contribution in [0.2, 0.25) is 0 Å². The number of hydrogen-bond donors (Lipinski definition) is 9. The first kappa shape index (κ1) is 31.5. The van der Waals surface area contributed by atoms with Crippen LogP contribution in [-0.2, 0) is 24.0 Å². The van der Waals surface area contributed by atoms with Crippen molar-refractivity contribution in [2.75, 3.05) is 13.1 Å². The van der Waals surface area contributed by atoms with E-state index in [4.69, 9.17) is 28.0 Å². The molecule has 0 saturated carbocycles. The molecule has 0 saturated heterocycles. The Morgan fingerprint density at radius 1 is 0.829 bits per heavy atom. The maximum Gasteiger partial charge on any atom is 0.326 e. The number of nitrogens with two attached hydrogens (primary N) is 4. The SMILES string of the molecule is CC(NC(=O)C(CCCCN)NC(=O)C(N)CCC(=O)O)C(=O)NC(CCCN=C(N)N)C(=O)O. The van der Waals surface area contributed by atoms with E-state index in [-0.39, 0.29) is 38.2 Å². The smallest absolute Gasteiger partial charge is 0.326 e. The van der Waals surface area contributed by atoms with Crippen molar-refractivity contribution in [2.45, 2.75) is 76.0 Å². The van der Waals surface area contributed by atoms with Crippen LogP contribution in [0.5, 0.6) is 0 Å². The molecular weight excluding hydrogens is 464 g/mol. The molecular formula is C20H38N8O7. The maximum atomic E-state index is 12.7. The summed E-state index contributed by atoms with van der Waals surface area (Å²) in [6, 6.07) is -4.51. The van der Waals surface area contributed by atoms with Gasteiger partial charge in [-0.2, -0.15) is 0 Å². The minimum atomic E-state index is -1.26. The van der Waals surface area contributed by atoms with Crippen molar-refractivity contribution in [3.8, 4) is 0 Å². The molecule has 13 N–H and O–H groups in total. The molecule has 0 spiro atoms. The number of aliphatic carboxylic acids is 2. The van der Waals surface area contributed by atoms with Gasteiger partial charge in [0.05, 0.1) is 6.04 Å². The van der Waals surface area contributed by atoms with Crippen LogP contribution in [0, 0.1) is 0 Å². The van der Waals surface area contributed by atoms with E-state index in [1.54, 1.807) is 0 Å². The van der Waals surface area contributed by atoms with Crippen LogP contribution < -0.4 is 38.9 Å². The summed E-state index contributed by atoms with van der Waals surface area (Å²) in [6.45, 7) is 1.93. The molecule has 0 aliphatic rings. The number of carboxylic acids is 2. The van der Waals surface area contributed by atoms with Crippen LogP contribution in [-0.4, -0.2) is 83.1 Å². The monoisotopic (exact) mass is 502 g/mol. The second-order valence-corrected chi connectivity index (χ2v) is 7.96. The van der Waals surface area contributed by atoms with Gasteiger partial charge in [0.2, 0.25) is 17.7 Å². The van der Waals surface area contributed by atoms with E-state index in [1.807, 2.05) is 0 Å². The Balaban J connectivity index is 5.04. The van der Waals surface area contributed by atoms with Gasteiger partial charge >= 0.3 is 11.9 Å². The minimum Gasteiger partial charge on any atom is -0.481 e. The zero-order valence-electron chi connectivity index (χ0n) is 19.9. The third-order valence-electron chi connectivity index (χ3n) is 4.90. The second-order valence-electron chi connectivity index (χ2n) is 7.96.